The molecule has 0 fully saturated rings. The lowest BCUT2D eigenvalue weighted by Crippen LogP contribution is -2.32. The molecule has 20 heavy (non-hydrogen) atoms. The molecule has 4 nitrogen and oxygen atoms in total. The maximum absolute atomic E-state index is 9.41. The van der Waals surface area contributed by atoms with Crippen LogP contribution in [0.4, 0.5) is 5.82 Å². The Bertz CT molecular complexity index is 505. The zero-order valence-electron chi connectivity index (χ0n) is 12.6. The molecule has 1 aliphatic carbocycles. The van der Waals surface area contributed by atoms with Crippen molar-refractivity contribution in [3.63, 3.8) is 0 Å². The smallest absolute Gasteiger partial charge is 0.146 e. The first-order chi connectivity index (χ1) is 9.65. The minimum absolute atomic E-state index is 0.522. The van der Waals surface area contributed by atoms with E-state index in [-0.39, 0.29) is 0 Å². The molecule has 1 aromatic heterocycles. The number of ether oxygens (including phenoxy) is 1. The standard InChI is InChI=1S/C16H23N3O/c1-12(2)11-19(7-8-20-3)16-14(10-17)9-13-5-4-6-15(13)18-16/h9,12H,4-8,11H2,1-3H3. The number of anilines is 1. The van der Waals surface area contributed by atoms with Crippen molar-refractivity contribution in [1.29, 1.82) is 5.26 Å². The first kappa shape index (κ1) is 14.8. The Kier molecular flexibility index (Phi) is 4.97. The summed E-state index contributed by atoms with van der Waals surface area (Å²) in [7, 11) is 1.70. The Morgan fingerprint density at radius 1 is 1.45 bits per heavy atom. The third-order valence-electron chi connectivity index (χ3n) is 3.60. The summed E-state index contributed by atoms with van der Waals surface area (Å²) < 4.78 is 5.19. The van der Waals surface area contributed by atoms with Crippen LogP contribution in [0.25, 0.3) is 0 Å². The van der Waals surface area contributed by atoms with Crippen LogP contribution in [0.5, 0.6) is 0 Å². The number of nitrogens with zero attached hydrogens (tertiary/aromatic N) is 3. The molecule has 0 saturated carbocycles. The van der Waals surface area contributed by atoms with E-state index >= 15 is 0 Å². The van der Waals surface area contributed by atoms with Crippen molar-refractivity contribution in [1.82, 2.24) is 4.98 Å². The summed E-state index contributed by atoms with van der Waals surface area (Å²) in [6.07, 6.45) is 3.24. The van der Waals surface area contributed by atoms with Gasteiger partial charge < -0.3 is 9.64 Å². The Hall–Kier alpha value is -1.60. The van der Waals surface area contributed by atoms with Crippen LogP contribution < -0.4 is 4.90 Å². The van der Waals surface area contributed by atoms with Crippen molar-refractivity contribution >= 4 is 5.82 Å². The highest BCUT2D eigenvalue weighted by Gasteiger charge is 2.20. The minimum atomic E-state index is 0.522. The zero-order chi connectivity index (χ0) is 14.5. The van der Waals surface area contributed by atoms with E-state index in [4.69, 9.17) is 9.72 Å². The lowest BCUT2D eigenvalue weighted by Gasteiger charge is -2.26. The molecule has 0 aromatic carbocycles. The van der Waals surface area contributed by atoms with E-state index in [9.17, 15) is 5.26 Å². The Morgan fingerprint density at radius 3 is 2.90 bits per heavy atom. The summed E-state index contributed by atoms with van der Waals surface area (Å²) in [4.78, 5) is 6.96. The first-order valence-electron chi connectivity index (χ1n) is 7.32. The second-order valence-corrected chi connectivity index (χ2v) is 5.76. The van der Waals surface area contributed by atoms with Gasteiger partial charge in [-0.25, -0.2) is 4.98 Å². The fourth-order valence-corrected chi connectivity index (χ4v) is 2.71. The molecule has 1 aromatic rings. The Labute approximate surface area is 121 Å². The molecule has 1 heterocycles. The van der Waals surface area contributed by atoms with Gasteiger partial charge in [-0.1, -0.05) is 13.8 Å². The molecule has 4 heteroatoms. The van der Waals surface area contributed by atoms with Gasteiger partial charge in [0, 0.05) is 25.9 Å². The summed E-state index contributed by atoms with van der Waals surface area (Å²) in [5.41, 5.74) is 3.12. The van der Waals surface area contributed by atoms with E-state index in [2.05, 4.69) is 24.8 Å². The van der Waals surface area contributed by atoms with Gasteiger partial charge in [0.1, 0.15) is 11.9 Å². The van der Waals surface area contributed by atoms with Gasteiger partial charge in [0.15, 0.2) is 0 Å². The van der Waals surface area contributed by atoms with Crippen molar-refractivity contribution in [2.75, 3.05) is 31.7 Å². The van der Waals surface area contributed by atoms with Crippen molar-refractivity contribution in [2.45, 2.75) is 33.1 Å². The van der Waals surface area contributed by atoms with Crippen LogP contribution in [-0.2, 0) is 17.6 Å². The maximum atomic E-state index is 9.41. The lowest BCUT2D eigenvalue weighted by molar-refractivity contribution is 0.204. The summed E-state index contributed by atoms with van der Waals surface area (Å²) in [5.74, 6) is 1.35. The van der Waals surface area contributed by atoms with Crippen LogP contribution in [0.1, 0.15) is 37.1 Å². The number of pyridine rings is 1. The number of aryl methyl sites for hydroxylation is 2. The van der Waals surface area contributed by atoms with Gasteiger partial charge in [0.2, 0.25) is 0 Å². The van der Waals surface area contributed by atoms with E-state index in [1.165, 1.54) is 11.3 Å². The number of aromatic nitrogens is 1. The third kappa shape index (κ3) is 3.29. The number of methoxy groups -OCH3 is 1. The minimum Gasteiger partial charge on any atom is -0.383 e. The molecular formula is C16H23N3O. The Morgan fingerprint density at radius 2 is 2.25 bits per heavy atom. The predicted octanol–water partition coefficient (Wildman–Crippen LogP) is 2.55. The van der Waals surface area contributed by atoms with Crippen LogP contribution in [0.3, 0.4) is 0 Å². The molecule has 0 amide bonds. The second kappa shape index (κ2) is 6.71. The van der Waals surface area contributed by atoms with Gasteiger partial charge in [-0.2, -0.15) is 5.26 Å². The second-order valence-electron chi connectivity index (χ2n) is 5.76. The largest absolute Gasteiger partial charge is 0.383 e. The highest BCUT2D eigenvalue weighted by Crippen LogP contribution is 2.27. The SMILES string of the molecule is COCCN(CC(C)C)c1nc2c(cc1C#N)CCC2. The summed E-state index contributed by atoms with van der Waals surface area (Å²) in [6, 6.07) is 4.34. The van der Waals surface area contributed by atoms with Crippen LogP contribution >= 0.6 is 0 Å². The molecular weight excluding hydrogens is 250 g/mol. The number of nitriles is 1. The molecule has 0 N–H and O–H groups in total. The third-order valence-corrected chi connectivity index (χ3v) is 3.60. The molecule has 0 bridgehead atoms. The molecule has 108 valence electrons. The normalized spacial score (nSPS) is 13.3. The van der Waals surface area contributed by atoms with E-state index < -0.39 is 0 Å². The maximum Gasteiger partial charge on any atom is 0.146 e. The highest BCUT2D eigenvalue weighted by atomic mass is 16.5. The average molecular weight is 273 g/mol. The number of hydrogen-bond donors (Lipinski definition) is 0. The summed E-state index contributed by atoms with van der Waals surface area (Å²) >= 11 is 0. The summed E-state index contributed by atoms with van der Waals surface area (Å²) in [6.45, 7) is 6.67. The molecule has 0 saturated heterocycles. The molecule has 1 aliphatic rings. The van der Waals surface area contributed by atoms with Gasteiger partial charge in [-0.15, -0.1) is 0 Å². The predicted molar refractivity (Wildman–Crippen MR) is 79.9 cm³/mol. The number of rotatable bonds is 6. The average Bonchev–Trinajstić information content (AvgIpc) is 2.88. The van der Waals surface area contributed by atoms with E-state index in [0.717, 1.165) is 38.2 Å². The van der Waals surface area contributed by atoms with Crippen molar-refractivity contribution in [3.8, 4) is 6.07 Å². The molecule has 0 radical (unpaired) electrons. The van der Waals surface area contributed by atoms with Crippen molar-refractivity contribution in [3.05, 3.63) is 22.9 Å². The molecule has 0 spiro atoms. The zero-order valence-corrected chi connectivity index (χ0v) is 12.6. The van der Waals surface area contributed by atoms with Crippen LogP contribution in [0.15, 0.2) is 6.07 Å². The quantitative estimate of drug-likeness (QED) is 0.799. The topological polar surface area (TPSA) is 49.1 Å². The van der Waals surface area contributed by atoms with Gasteiger partial charge in [-0.05, 0) is 36.8 Å². The highest BCUT2D eigenvalue weighted by molar-refractivity contribution is 5.56. The monoisotopic (exact) mass is 273 g/mol. The van der Waals surface area contributed by atoms with Crippen LogP contribution in [0, 0.1) is 17.2 Å². The van der Waals surface area contributed by atoms with Gasteiger partial charge in [-0.3, -0.25) is 0 Å². The fourth-order valence-electron chi connectivity index (χ4n) is 2.71. The van der Waals surface area contributed by atoms with E-state index in [1.807, 2.05) is 6.07 Å². The van der Waals surface area contributed by atoms with Gasteiger partial charge in [0.05, 0.1) is 12.2 Å². The van der Waals surface area contributed by atoms with Crippen molar-refractivity contribution < 1.29 is 4.74 Å². The number of fused-ring (bicyclic) bond motifs is 1. The fraction of sp³-hybridized carbons (Fsp3) is 0.625. The van der Waals surface area contributed by atoms with Crippen LogP contribution in [-0.4, -0.2) is 31.8 Å². The van der Waals surface area contributed by atoms with Crippen LogP contribution in [0.2, 0.25) is 0 Å². The summed E-state index contributed by atoms with van der Waals surface area (Å²) in [5, 5.41) is 9.41. The lowest BCUT2D eigenvalue weighted by atomic mass is 10.1. The van der Waals surface area contributed by atoms with E-state index in [0.29, 0.717) is 18.1 Å². The number of hydrogen-bond acceptors (Lipinski definition) is 4. The molecule has 0 aliphatic heterocycles. The van der Waals surface area contributed by atoms with E-state index in [1.54, 1.807) is 7.11 Å². The van der Waals surface area contributed by atoms with Gasteiger partial charge >= 0.3 is 0 Å². The molecule has 0 unspecified atom stereocenters. The molecule has 2 rings (SSSR count). The van der Waals surface area contributed by atoms with Crippen molar-refractivity contribution in [2.24, 2.45) is 5.92 Å². The van der Waals surface area contributed by atoms with Gasteiger partial charge in [0.25, 0.3) is 0 Å². The molecule has 0 atom stereocenters. The Balaban J connectivity index is 2.33. The first-order valence-corrected chi connectivity index (χ1v) is 7.32.